The van der Waals surface area contributed by atoms with Crippen LogP contribution in [0.15, 0.2) is 24.3 Å². The summed E-state index contributed by atoms with van der Waals surface area (Å²) >= 11 is 0. The fraction of sp³-hybridized carbons (Fsp3) is 0.538. The van der Waals surface area contributed by atoms with E-state index < -0.39 is 0 Å². The second-order valence-electron chi connectivity index (χ2n) is 4.40. The number of methoxy groups -OCH3 is 1. The van der Waals surface area contributed by atoms with Crippen molar-refractivity contribution in [3.8, 4) is 0 Å². The van der Waals surface area contributed by atoms with Crippen LogP contribution in [0.25, 0.3) is 0 Å². The molecule has 0 bridgehead atoms. The molecular weight excluding hydrogens is 186 g/mol. The lowest BCUT2D eigenvalue weighted by Gasteiger charge is -2.14. The van der Waals surface area contributed by atoms with Gasteiger partial charge in [-0.1, -0.05) is 12.1 Å². The minimum Gasteiger partial charge on any atom is -0.382 e. The third kappa shape index (κ3) is 2.96. The topological polar surface area (TPSA) is 21.3 Å². The predicted molar refractivity (Wildman–Crippen MR) is 63.0 cm³/mol. The van der Waals surface area contributed by atoms with Crippen LogP contribution < -0.4 is 5.32 Å². The van der Waals surface area contributed by atoms with Crippen LogP contribution in [0, 0.1) is 5.92 Å². The van der Waals surface area contributed by atoms with Crippen molar-refractivity contribution in [3.63, 3.8) is 0 Å². The van der Waals surface area contributed by atoms with E-state index in [1.807, 2.05) is 0 Å². The number of benzene rings is 1. The molecule has 2 rings (SSSR count). The molecule has 1 N–H and O–H groups in total. The van der Waals surface area contributed by atoms with Crippen LogP contribution in [0.1, 0.15) is 25.3 Å². The molecule has 1 fully saturated rings. The van der Waals surface area contributed by atoms with Gasteiger partial charge in [-0.25, -0.2) is 0 Å². The molecule has 1 unspecified atom stereocenters. The molecule has 15 heavy (non-hydrogen) atoms. The highest BCUT2D eigenvalue weighted by Crippen LogP contribution is 2.33. The summed E-state index contributed by atoms with van der Waals surface area (Å²) in [5.74, 6) is 0.885. The Morgan fingerprint density at radius 2 is 2.27 bits per heavy atom. The van der Waals surface area contributed by atoms with E-state index in [9.17, 15) is 0 Å². The molecule has 0 spiro atoms. The number of ether oxygens (including phenoxy) is 1. The summed E-state index contributed by atoms with van der Waals surface area (Å²) < 4.78 is 5.12. The summed E-state index contributed by atoms with van der Waals surface area (Å²) in [6.07, 6.45) is 2.76. The van der Waals surface area contributed by atoms with Crippen LogP contribution in [0.5, 0.6) is 0 Å². The van der Waals surface area contributed by atoms with Crippen molar-refractivity contribution in [2.24, 2.45) is 5.92 Å². The van der Waals surface area contributed by atoms with Crippen molar-refractivity contribution in [2.45, 2.75) is 32.4 Å². The van der Waals surface area contributed by atoms with Crippen molar-refractivity contribution < 1.29 is 4.74 Å². The number of nitrogens with one attached hydrogen (secondary N) is 1. The van der Waals surface area contributed by atoms with E-state index in [0.717, 1.165) is 5.92 Å². The Hall–Kier alpha value is -1.02. The van der Waals surface area contributed by atoms with Gasteiger partial charge in [0, 0.05) is 18.8 Å². The zero-order valence-corrected chi connectivity index (χ0v) is 9.49. The highest BCUT2D eigenvalue weighted by atomic mass is 16.5. The minimum atomic E-state index is 0.600. The number of anilines is 1. The Labute approximate surface area is 91.6 Å². The van der Waals surface area contributed by atoms with E-state index in [2.05, 4.69) is 36.5 Å². The molecule has 0 amide bonds. The Morgan fingerprint density at radius 3 is 2.93 bits per heavy atom. The zero-order chi connectivity index (χ0) is 10.7. The quantitative estimate of drug-likeness (QED) is 0.797. The average molecular weight is 205 g/mol. The van der Waals surface area contributed by atoms with Crippen LogP contribution in [0.4, 0.5) is 5.69 Å². The maximum atomic E-state index is 5.12. The van der Waals surface area contributed by atoms with Gasteiger partial charge in [0.2, 0.25) is 0 Å². The Morgan fingerprint density at radius 1 is 1.47 bits per heavy atom. The lowest BCUT2D eigenvalue weighted by Crippen LogP contribution is -2.17. The van der Waals surface area contributed by atoms with Gasteiger partial charge in [-0.2, -0.15) is 0 Å². The van der Waals surface area contributed by atoms with Crippen LogP contribution in [-0.2, 0) is 11.3 Å². The number of rotatable bonds is 5. The molecule has 1 saturated carbocycles. The van der Waals surface area contributed by atoms with Crippen LogP contribution in [0.3, 0.4) is 0 Å². The first kappa shape index (κ1) is 10.5. The molecule has 2 heteroatoms. The van der Waals surface area contributed by atoms with Gasteiger partial charge in [-0.15, -0.1) is 0 Å². The standard InChI is InChI=1S/C13H19NO/c1-10(12-6-7-12)14-13-5-3-4-11(8-13)9-15-2/h3-5,8,10,12,14H,6-7,9H2,1-2H3. The van der Waals surface area contributed by atoms with E-state index in [4.69, 9.17) is 4.74 Å². The molecule has 1 aromatic rings. The maximum Gasteiger partial charge on any atom is 0.0713 e. The summed E-state index contributed by atoms with van der Waals surface area (Å²) in [5.41, 5.74) is 2.44. The molecule has 2 nitrogen and oxygen atoms in total. The lowest BCUT2D eigenvalue weighted by atomic mass is 10.1. The molecule has 0 radical (unpaired) electrons. The largest absolute Gasteiger partial charge is 0.382 e. The van der Waals surface area contributed by atoms with E-state index in [1.54, 1.807) is 7.11 Å². The van der Waals surface area contributed by atoms with Gasteiger partial charge in [0.05, 0.1) is 6.61 Å². The molecule has 0 aromatic heterocycles. The predicted octanol–water partition coefficient (Wildman–Crippen LogP) is 3.04. The summed E-state index contributed by atoms with van der Waals surface area (Å²) in [6, 6.07) is 9.07. The van der Waals surface area contributed by atoms with Crippen LogP contribution in [-0.4, -0.2) is 13.2 Å². The van der Waals surface area contributed by atoms with Gasteiger partial charge in [-0.3, -0.25) is 0 Å². The highest BCUT2D eigenvalue weighted by Gasteiger charge is 2.27. The van der Waals surface area contributed by atoms with Crippen molar-refractivity contribution >= 4 is 5.69 Å². The summed E-state index contributed by atoms with van der Waals surface area (Å²) in [6.45, 7) is 2.95. The Kier molecular flexibility index (Phi) is 3.27. The van der Waals surface area contributed by atoms with Gasteiger partial charge in [0.25, 0.3) is 0 Å². The minimum absolute atomic E-state index is 0.600. The molecule has 1 aliphatic rings. The normalized spacial score (nSPS) is 17.5. The summed E-state index contributed by atoms with van der Waals surface area (Å²) in [7, 11) is 1.73. The molecule has 0 saturated heterocycles. The van der Waals surface area contributed by atoms with Gasteiger partial charge >= 0.3 is 0 Å². The second kappa shape index (κ2) is 4.67. The second-order valence-corrected chi connectivity index (χ2v) is 4.40. The number of hydrogen-bond donors (Lipinski definition) is 1. The van der Waals surface area contributed by atoms with E-state index in [-0.39, 0.29) is 0 Å². The van der Waals surface area contributed by atoms with Gasteiger partial charge in [0.1, 0.15) is 0 Å². The Bertz CT molecular complexity index is 320. The molecule has 1 aromatic carbocycles. The van der Waals surface area contributed by atoms with Gasteiger partial charge in [-0.05, 0) is 43.4 Å². The summed E-state index contributed by atoms with van der Waals surface area (Å²) in [5, 5.41) is 3.55. The van der Waals surface area contributed by atoms with Gasteiger partial charge < -0.3 is 10.1 Å². The molecule has 82 valence electrons. The van der Waals surface area contributed by atoms with E-state index in [0.29, 0.717) is 12.6 Å². The fourth-order valence-electron chi connectivity index (χ4n) is 1.89. The first-order valence-electron chi connectivity index (χ1n) is 5.64. The van der Waals surface area contributed by atoms with E-state index in [1.165, 1.54) is 24.1 Å². The SMILES string of the molecule is COCc1cccc(NC(C)C2CC2)c1. The van der Waals surface area contributed by atoms with Crippen molar-refractivity contribution in [2.75, 3.05) is 12.4 Å². The zero-order valence-electron chi connectivity index (χ0n) is 9.49. The third-order valence-corrected chi connectivity index (χ3v) is 2.96. The fourth-order valence-corrected chi connectivity index (χ4v) is 1.89. The molecule has 0 heterocycles. The third-order valence-electron chi connectivity index (χ3n) is 2.96. The van der Waals surface area contributed by atoms with E-state index >= 15 is 0 Å². The lowest BCUT2D eigenvalue weighted by molar-refractivity contribution is 0.185. The smallest absolute Gasteiger partial charge is 0.0713 e. The highest BCUT2D eigenvalue weighted by molar-refractivity contribution is 5.46. The molecule has 1 atom stereocenters. The van der Waals surface area contributed by atoms with Crippen molar-refractivity contribution in [1.29, 1.82) is 0 Å². The van der Waals surface area contributed by atoms with Gasteiger partial charge in [0.15, 0.2) is 0 Å². The van der Waals surface area contributed by atoms with Crippen molar-refractivity contribution in [1.82, 2.24) is 0 Å². The first-order valence-corrected chi connectivity index (χ1v) is 5.64. The number of hydrogen-bond acceptors (Lipinski definition) is 2. The summed E-state index contributed by atoms with van der Waals surface area (Å²) in [4.78, 5) is 0. The average Bonchev–Trinajstić information content (AvgIpc) is 3.01. The van der Waals surface area contributed by atoms with Crippen LogP contribution in [0.2, 0.25) is 0 Å². The first-order chi connectivity index (χ1) is 7.29. The van der Waals surface area contributed by atoms with Crippen LogP contribution >= 0.6 is 0 Å². The Balaban J connectivity index is 1.97. The molecular formula is C13H19NO. The van der Waals surface area contributed by atoms with Crippen molar-refractivity contribution in [3.05, 3.63) is 29.8 Å². The monoisotopic (exact) mass is 205 g/mol. The maximum absolute atomic E-state index is 5.12. The molecule has 0 aliphatic heterocycles. The molecule has 1 aliphatic carbocycles.